The molecular formula is C14H12ClN5O3. The van der Waals surface area contributed by atoms with Crippen LogP contribution in [0.2, 0.25) is 5.28 Å². The summed E-state index contributed by atoms with van der Waals surface area (Å²) in [6.07, 6.45) is 1.04. The first kappa shape index (κ1) is 15.2. The SMILES string of the molecule is CC1(C)C(=O)Nc2cc(Nc3nc(Cl)ncc3[N+](=O)[O-])ccc21. The van der Waals surface area contributed by atoms with Crippen LogP contribution in [0.1, 0.15) is 19.4 Å². The van der Waals surface area contributed by atoms with E-state index < -0.39 is 10.3 Å². The van der Waals surface area contributed by atoms with Gasteiger partial charge in [-0.05, 0) is 43.1 Å². The second-order valence-corrected chi connectivity index (χ2v) is 5.93. The molecule has 1 aliphatic heterocycles. The van der Waals surface area contributed by atoms with Gasteiger partial charge in [0.25, 0.3) is 0 Å². The number of benzene rings is 1. The Morgan fingerprint density at radius 2 is 2.13 bits per heavy atom. The molecule has 3 rings (SSSR count). The van der Waals surface area contributed by atoms with E-state index in [0.717, 1.165) is 11.8 Å². The van der Waals surface area contributed by atoms with Gasteiger partial charge in [0.2, 0.25) is 17.0 Å². The zero-order valence-electron chi connectivity index (χ0n) is 12.3. The lowest BCUT2D eigenvalue weighted by molar-refractivity contribution is -0.384. The lowest BCUT2D eigenvalue weighted by Gasteiger charge is -2.15. The lowest BCUT2D eigenvalue weighted by atomic mass is 9.86. The number of halogens is 1. The molecule has 0 saturated carbocycles. The van der Waals surface area contributed by atoms with Crippen molar-refractivity contribution in [2.75, 3.05) is 10.6 Å². The normalized spacial score (nSPS) is 15.0. The van der Waals surface area contributed by atoms with Crippen molar-refractivity contribution < 1.29 is 9.72 Å². The Hall–Kier alpha value is -2.74. The minimum atomic E-state index is -0.613. The van der Waals surface area contributed by atoms with Crippen LogP contribution in [0.25, 0.3) is 0 Å². The first-order valence-electron chi connectivity index (χ1n) is 6.69. The maximum atomic E-state index is 12.0. The van der Waals surface area contributed by atoms with Crippen LogP contribution in [0.15, 0.2) is 24.4 Å². The highest BCUT2D eigenvalue weighted by atomic mass is 35.5. The van der Waals surface area contributed by atoms with Crippen molar-refractivity contribution in [3.05, 3.63) is 45.4 Å². The van der Waals surface area contributed by atoms with Gasteiger partial charge in [-0.15, -0.1) is 0 Å². The molecule has 9 heteroatoms. The number of nitrogens with one attached hydrogen (secondary N) is 2. The predicted octanol–water partition coefficient (Wildman–Crippen LogP) is 3.01. The Labute approximate surface area is 136 Å². The highest BCUT2D eigenvalue weighted by Gasteiger charge is 2.38. The van der Waals surface area contributed by atoms with E-state index >= 15 is 0 Å². The molecule has 0 aliphatic carbocycles. The van der Waals surface area contributed by atoms with Gasteiger partial charge in [-0.3, -0.25) is 14.9 Å². The third-order valence-electron chi connectivity index (χ3n) is 3.71. The van der Waals surface area contributed by atoms with Crippen LogP contribution in [0.5, 0.6) is 0 Å². The molecule has 1 aromatic heterocycles. The molecule has 1 aromatic carbocycles. The number of carbonyl (C=O) groups is 1. The summed E-state index contributed by atoms with van der Waals surface area (Å²) in [5, 5.41) is 16.6. The second-order valence-electron chi connectivity index (χ2n) is 5.59. The van der Waals surface area contributed by atoms with E-state index in [1.54, 1.807) is 18.2 Å². The summed E-state index contributed by atoms with van der Waals surface area (Å²) in [6.45, 7) is 3.66. The number of amides is 1. The summed E-state index contributed by atoms with van der Waals surface area (Å²) in [5.41, 5.74) is 1.16. The van der Waals surface area contributed by atoms with Crippen molar-refractivity contribution >= 4 is 40.4 Å². The summed E-state index contributed by atoms with van der Waals surface area (Å²) in [6, 6.07) is 5.21. The van der Waals surface area contributed by atoms with Gasteiger partial charge < -0.3 is 10.6 Å². The topological polar surface area (TPSA) is 110 Å². The maximum absolute atomic E-state index is 12.0. The first-order valence-corrected chi connectivity index (χ1v) is 7.07. The molecule has 2 N–H and O–H groups in total. The molecule has 2 heterocycles. The number of hydrogen-bond donors (Lipinski definition) is 2. The number of carbonyl (C=O) groups excluding carboxylic acids is 1. The van der Waals surface area contributed by atoms with Crippen LogP contribution < -0.4 is 10.6 Å². The van der Waals surface area contributed by atoms with Crippen molar-refractivity contribution in [2.24, 2.45) is 0 Å². The molecule has 0 bridgehead atoms. The van der Waals surface area contributed by atoms with E-state index in [1.165, 1.54) is 0 Å². The molecule has 8 nitrogen and oxygen atoms in total. The van der Waals surface area contributed by atoms with E-state index in [9.17, 15) is 14.9 Å². The lowest BCUT2D eigenvalue weighted by Crippen LogP contribution is -2.26. The fourth-order valence-electron chi connectivity index (χ4n) is 2.39. The molecule has 2 aromatic rings. The van der Waals surface area contributed by atoms with Gasteiger partial charge in [0.1, 0.15) is 6.20 Å². The minimum absolute atomic E-state index is 0.0152. The zero-order chi connectivity index (χ0) is 16.8. The standard InChI is InChI=1S/C14H12ClN5O3/c1-14(2)8-4-3-7(5-9(8)18-12(14)21)17-11-10(20(22)23)6-16-13(15)19-11/h3-6H,1-2H3,(H,18,21)(H,16,17,19). The molecule has 0 unspecified atom stereocenters. The average molecular weight is 334 g/mol. The highest BCUT2D eigenvalue weighted by molar-refractivity contribution is 6.28. The Morgan fingerprint density at radius 3 is 2.83 bits per heavy atom. The number of fused-ring (bicyclic) bond motifs is 1. The largest absolute Gasteiger partial charge is 0.334 e. The number of hydrogen-bond acceptors (Lipinski definition) is 6. The van der Waals surface area contributed by atoms with E-state index in [-0.39, 0.29) is 22.7 Å². The van der Waals surface area contributed by atoms with Crippen LogP contribution in [-0.4, -0.2) is 20.8 Å². The van der Waals surface area contributed by atoms with Crippen LogP contribution in [0, 0.1) is 10.1 Å². The number of rotatable bonds is 3. The van der Waals surface area contributed by atoms with Crippen LogP contribution in [-0.2, 0) is 10.2 Å². The Bertz CT molecular complexity index is 837. The van der Waals surface area contributed by atoms with Crippen molar-refractivity contribution in [3.63, 3.8) is 0 Å². The molecule has 0 spiro atoms. The molecule has 0 atom stereocenters. The smallest absolute Gasteiger partial charge is 0.329 e. The van der Waals surface area contributed by atoms with E-state index in [4.69, 9.17) is 11.6 Å². The van der Waals surface area contributed by atoms with Crippen molar-refractivity contribution in [2.45, 2.75) is 19.3 Å². The van der Waals surface area contributed by atoms with E-state index in [1.807, 2.05) is 13.8 Å². The Morgan fingerprint density at radius 1 is 1.39 bits per heavy atom. The third-order valence-corrected chi connectivity index (χ3v) is 3.89. The first-order chi connectivity index (χ1) is 10.8. The summed E-state index contributed by atoms with van der Waals surface area (Å²) in [5.74, 6) is -0.112. The van der Waals surface area contributed by atoms with Crippen LogP contribution in [0.4, 0.5) is 22.9 Å². The van der Waals surface area contributed by atoms with Gasteiger partial charge in [-0.2, -0.15) is 4.98 Å². The van der Waals surface area contributed by atoms with E-state index in [2.05, 4.69) is 20.6 Å². The van der Waals surface area contributed by atoms with Crippen LogP contribution >= 0.6 is 11.6 Å². The number of aromatic nitrogens is 2. The quantitative estimate of drug-likeness (QED) is 0.507. The molecule has 0 fully saturated rings. The summed E-state index contributed by atoms with van der Waals surface area (Å²) in [4.78, 5) is 29.8. The highest BCUT2D eigenvalue weighted by Crippen LogP contribution is 2.39. The number of nitrogens with zero attached hydrogens (tertiary/aromatic N) is 3. The zero-order valence-corrected chi connectivity index (χ0v) is 13.0. The maximum Gasteiger partial charge on any atom is 0.329 e. The minimum Gasteiger partial charge on any atom is -0.334 e. The van der Waals surface area contributed by atoms with Crippen molar-refractivity contribution in [1.82, 2.24) is 9.97 Å². The van der Waals surface area contributed by atoms with Crippen molar-refractivity contribution in [1.29, 1.82) is 0 Å². The van der Waals surface area contributed by atoms with Gasteiger partial charge >= 0.3 is 5.69 Å². The molecule has 1 amide bonds. The second kappa shape index (κ2) is 5.17. The molecule has 1 aliphatic rings. The Kier molecular flexibility index (Phi) is 3.41. The summed E-state index contributed by atoms with van der Waals surface area (Å²) >= 11 is 5.70. The molecule has 0 saturated heterocycles. The van der Waals surface area contributed by atoms with Gasteiger partial charge in [-0.1, -0.05) is 6.07 Å². The Balaban J connectivity index is 1.98. The monoisotopic (exact) mass is 333 g/mol. The predicted molar refractivity (Wildman–Crippen MR) is 85.1 cm³/mol. The third kappa shape index (κ3) is 2.57. The van der Waals surface area contributed by atoms with Gasteiger partial charge in [0.15, 0.2) is 0 Å². The summed E-state index contributed by atoms with van der Waals surface area (Å²) in [7, 11) is 0. The van der Waals surface area contributed by atoms with Crippen molar-refractivity contribution in [3.8, 4) is 0 Å². The molecule has 23 heavy (non-hydrogen) atoms. The summed E-state index contributed by atoms with van der Waals surface area (Å²) < 4.78 is 0. The van der Waals surface area contributed by atoms with E-state index in [0.29, 0.717) is 11.4 Å². The van der Waals surface area contributed by atoms with Gasteiger partial charge in [0.05, 0.1) is 10.3 Å². The average Bonchev–Trinajstić information content (AvgIpc) is 2.68. The molecule has 0 radical (unpaired) electrons. The number of nitro groups is 1. The molecular weight excluding hydrogens is 322 g/mol. The number of anilines is 3. The fourth-order valence-corrected chi connectivity index (χ4v) is 2.52. The fraction of sp³-hybridized carbons (Fsp3) is 0.214. The van der Waals surface area contributed by atoms with Crippen LogP contribution in [0.3, 0.4) is 0 Å². The van der Waals surface area contributed by atoms with Gasteiger partial charge in [0, 0.05) is 11.4 Å². The van der Waals surface area contributed by atoms with Gasteiger partial charge in [-0.25, -0.2) is 4.98 Å². The molecule has 118 valence electrons.